The van der Waals surface area contributed by atoms with Gasteiger partial charge in [-0.2, -0.15) is 0 Å². The van der Waals surface area contributed by atoms with Crippen LogP contribution in [0.15, 0.2) is 66.2 Å². The highest BCUT2D eigenvalue weighted by atomic mass is 19.4. The van der Waals surface area contributed by atoms with Gasteiger partial charge in [0.05, 0.1) is 0 Å². The first-order valence-corrected chi connectivity index (χ1v) is 8.51. The van der Waals surface area contributed by atoms with Crippen molar-refractivity contribution in [3.63, 3.8) is 0 Å². The van der Waals surface area contributed by atoms with Crippen LogP contribution in [0.2, 0.25) is 0 Å². The first kappa shape index (κ1) is 18.3. The average Bonchev–Trinajstić information content (AvgIpc) is 2.60. The van der Waals surface area contributed by atoms with Crippen LogP contribution in [0.25, 0.3) is 5.57 Å². The van der Waals surface area contributed by atoms with Crippen molar-refractivity contribution in [1.29, 1.82) is 0 Å². The van der Waals surface area contributed by atoms with Crippen molar-refractivity contribution in [1.82, 2.24) is 10.2 Å². The highest BCUT2D eigenvalue weighted by molar-refractivity contribution is 5.82. The molecule has 0 aromatic heterocycles. The lowest BCUT2D eigenvalue weighted by molar-refractivity contribution is -0.274. The Labute approximate surface area is 152 Å². The van der Waals surface area contributed by atoms with E-state index >= 15 is 0 Å². The molecule has 2 aliphatic rings. The van der Waals surface area contributed by atoms with Gasteiger partial charge in [0.2, 0.25) is 0 Å². The summed E-state index contributed by atoms with van der Waals surface area (Å²) in [5, 5.41) is 3.13. The van der Waals surface area contributed by atoms with Gasteiger partial charge in [0, 0.05) is 31.6 Å². The van der Waals surface area contributed by atoms with Crippen LogP contribution in [-0.4, -0.2) is 24.9 Å². The summed E-state index contributed by atoms with van der Waals surface area (Å²) in [6, 6.07) is 6.02. The van der Waals surface area contributed by atoms with Crippen molar-refractivity contribution in [2.45, 2.75) is 19.7 Å². The minimum absolute atomic E-state index is 0. The third-order valence-corrected chi connectivity index (χ3v) is 4.31. The summed E-state index contributed by atoms with van der Waals surface area (Å²) >= 11 is 0. The zero-order chi connectivity index (χ0) is 18.7. The number of ether oxygens (including phenoxy) is 1. The number of likely N-dealkylation sites (N-methyl/N-ethyl adjacent to an activating group) is 1. The number of nitrogens with one attached hydrogen (secondary N) is 1. The Morgan fingerprint density at radius 3 is 2.58 bits per heavy atom. The first-order valence-electron chi connectivity index (χ1n) is 8.51. The maximum absolute atomic E-state index is 12.4. The van der Waals surface area contributed by atoms with E-state index in [0.717, 1.165) is 28.8 Å². The number of allylic oxidation sites excluding steroid dienone is 3. The Balaban J connectivity index is 0.00000261. The zero-order valence-electron chi connectivity index (χ0n) is 14.7. The second-order valence-electron chi connectivity index (χ2n) is 6.24. The lowest BCUT2D eigenvalue weighted by Gasteiger charge is -2.31. The van der Waals surface area contributed by atoms with E-state index in [-0.39, 0.29) is 7.18 Å². The molecule has 0 fully saturated rings. The molecule has 3 rings (SSSR count). The minimum atomic E-state index is -4.68. The van der Waals surface area contributed by atoms with E-state index in [9.17, 15) is 13.2 Å². The molecule has 2 heterocycles. The van der Waals surface area contributed by atoms with Crippen LogP contribution in [0.5, 0.6) is 5.75 Å². The van der Waals surface area contributed by atoms with Crippen LogP contribution in [0.4, 0.5) is 13.2 Å². The number of rotatable bonds is 5. The quantitative estimate of drug-likeness (QED) is 0.789. The van der Waals surface area contributed by atoms with Crippen molar-refractivity contribution in [3.05, 3.63) is 71.7 Å². The molecule has 140 valence electrons. The molecule has 1 aromatic carbocycles. The zero-order valence-corrected chi connectivity index (χ0v) is 14.7. The predicted molar refractivity (Wildman–Crippen MR) is 98.1 cm³/mol. The van der Waals surface area contributed by atoms with Crippen molar-refractivity contribution in [2.24, 2.45) is 5.92 Å². The maximum atomic E-state index is 12.4. The molecule has 26 heavy (non-hydrogen) atoms. The fourth-order valence-corrected chi connectivity index (χ4v) is 3.07. The van der Waals surface area contributed by atoms with Gasteiger partial charge in [-0.1, -0.05) is 31.2 Å². The van der Waals surface area contributed by atoms with Crippen LogP contribution >= 0.6 is 0 Å². The summed E-state index contributed by atoms with van der Waals surface area (Å²) in [6.45, 7) is 2.83. The van der Waals surface area contributed by atoms with E-state index in [1.165, 1.54) is 12.1 Å². The Kier molecular flexibility index (Phi) is 5.23. The molecule has 1 N–H and O–H groups in total. The third-order valence-electron chi connectivity index (χ3n) is 4.31. The molecule has 1 unspecified atom stereocenters. The Hall–Kier alpha value is -2.47. The molecule has 1 aromatic rings. The predicted octanol–water partition coefficient (Wildman–Crippen LogP) is 5.07. The van der Waals surface area contributed by atoms with Gasteiger partial charge < -0.3 is 15.0 Å². The molecule has 1 atom stereocenters. The van der Waals surface area contributed by atoms with Crippen LogP contribution in [0.3, 0.4) is 0 Å². The molecule has 3 nitrogen and oxygen atoms in total. The monoisotopic (exact) mass is 364 g/mol. The molecule has 0 saturated heterocycles. The van der Waals surface area contributed by atoms with Gasteiger partial charge in [0.25, 0.3) is 0 Å². The average molecular weight is 364 g/mol. The van der Waals surface area contributed by atoms with Crippen molar-refractivity contribution < 1.29 is 19.3 Å². The number of hydrogen-bond donors (Lipinski definition) is 1. The number of alkyl halides is 3. The SMILES string of the molecule is CCC1C=CN2C=C(CNC)C=C(c3ccc(OC(F)(F)F)cc3)C2=C1.[HH]. The molecular weight excluding hydrogens is 341 g/mol. The summed E-state index contributed by atoms with van der Waals surface area (Å²) in [4.78, 5) is 2.06. The number of halogens is 3. The van der Waals surface area contributed by atoms with E-state index in [0.29, 0.717) is 12.5 Å². The van der Waals surface area contributed by atoms with Crippen molar-refractivity contribution >= 4 is 5.57 Å². The van der Waals surface area contributed by atoms with Crippen molar-refractivity contribution in [3.8, 4) is 5.75 Å². The topological polar surface area (TPSA) is 24.5 Å². The van der Waals surface area contributed by atoms with Gasteiger partial charge in [0.15, 0.2) is 0 Å². The molecule has 0 aliphatic carbocycles. The Bertz CT molecular complexity index is 779. The molecule has 0 bridgehead atoms. The normalized spacial score (nSPS) is 19.5. The Morgan fingerprint density at radius 2 is 1.96 bits per heavy atom. The minimum Gasteiger partial charge on any atom is -0.406 e. The molecule has 0 amide bonds. The van der Waals surface area contributed by atoms with Crippen LogP contribution in [-0.2, 0) is 0 Å². The number of hydrogen-bond acceptors (Lipinski definition) is 3. The van der Waals surface area contributed by atoms with E-state index in [1.54, 1.807) is 12.1 Å². The molecular formula is C20H23F3N2O. The lowest BCUT2D eigenvalue weighted by Crippen LogP contribution is -2.22. The molecule has 0 saturated carbocycles. The molecule has 0 spiro atoms. The van der Waals surface area contributed by atoms with Crippen LogP contribution in [0, 0.1) is 5.92 Å². The highest BCUT2D eigenvalue weighted by Gasteiger charge is 2.31. The van der Waals surface area contributed by atoms with Gasteiger partial charge >= 0.3 is 6.36 Å². The smallest absolute Gasteiger partial charge is 0.406 e. The van der Waals surface area contributed by atoms with Crippen LogP contribution in [0.1, 0.15) is 20.3 Å². The summed E-state index contributed by atoms with van der Waals surface area (Å²) < 4.78 is 41.1. The lowest BCUT2D eigenvalue weighted by atomic mass is 9.91. The van der Waals surface area contributed by atoms with E-state index in [2.05, 4.69) is 46.3 Å². The van der Waals surface area contributed by atoms with Gasteiger partial charge in [0.1, 0.15) is 5.75 Å². The number of benzene rings is 1. The molecule has 6 heteroatoms. The second kappa shape index (κ2) is 7.41. The first-order chi connectivity index (χ1) is 12.4. The van der Waals surface area contributed by atoms with Gasteiger partial charge in [-0.05, 0) is 48.7 Å². The standard InChI is InChI=1S/C20H21F3N2O.H2/c1-3-14-8-9-25-13-15(12-24-2)10-18(19(25)11-14)16-4-6-17(7-5-16)26-20(21,22)23;/h4-11,13-14,24H,3,12H2,1-2H3;1H. The second-order valence-corrected chi connectivity index (χ2v) is 6.24. The van der Waals surface area contributed by atoms with E-state index < -0.39 is 6.36 Å². The van der Waals surface area contributed by atoms with Gasteiger partial charge in [-0.3, -0.25) is 0 Å². The number of nitrogens with zero attached hydrogens (tertiary/aromatic N) is 1. The van der Waals surface area contributed by atoms with E-state index in [4.69, 9.17) is 0 Å². The summed E-state index contributed by atoms with van der Waals surface area (Å²) in [6.07, 6.45) is 6.84. The van der Waals surface area contributed by atoms with Gasteiger partial charge in [-0.25, -0.2) is 0 Å². The van der Waals surface area contributed by atoms with Crippen molar-refractivity contribution in [2.75, 3.05) is 13.6 Å². The van der Waals surface area contributed by atoms with E-state index in [1.807, 2.05) is 13.2 Å². The summed E-state index contributed by atoms with van der Waals surface area (Å²) in [5.74, 6) is 0.126. The fourth-order valence-electron chi connectivity index (χ4n) is 3.07. The Morgan fingerprint density at radius 1 is 1.23 bits per heavy atom. The summed E-state index contributed by atoms with van der Waals surface area (Å²) in [7, 11) is 1.88. The van der Waals surface area contributed by atoms with Gasteiger partial charge in [-0.15, -0.1) is 13.2 Å². The fraction of sp³-hybridized carbons (Fsp3) is 0.300. The molecule has 2 aliphatic heterocycles. The largest absolute Gasteiger partial charge is 0.573 e. The van der Waals surface area contributed by atoms with Crippen LogP contribution < -0.4 is 10.1 Å². The maximum Gasteiger partial charge on any atom is 0.573 e. The molecule has 0 radical (unpaired) electrons. The highest BCUT2D eigenvalue weighted by Crippen LogP contribution is 2.36. The summed E-state index contributed by atoms with van der Waals surface area (Å²) in [5.41, 5.74) is 3.97. The number of fused-ring (bicyclic) bond motifs is 1. The third kappa shape index (κ3) is 4.19.